The van der Waals surface area contributed by atoms with Crippen molar-refractivity contribution in [1.82, 2.24) is 0 Å². The van der Waals surface area contributed by atoms with Gasteiger partial charge < -0.3 is 21.7 Å². The van der Waals surface area contributed by atoms with Crippen molar-refractivity contribution in [1.29, 1.82) is 0 Å². The van der Waals surface area contributed by atoms with Gasteiger partial charge in [-0.25, -0.2) is 0 Å². The maximum Gasteiger partial charge on any atom is 0.305 e. The SMILES string of the molecule is NC(CC(=O)O)c1ccsc1C(N)CC(=O)O. The van der Waals surface area contributed by atoms with Crippen LogP contribution in [0.4, 0.5) is 0 Å². The van der Waals surface area contributed by atoms with Gasteiger partial charge in [0.2, 0.25) is 0 Å². The van der Waals surface area contributed by atoms with E-state index in [1.807, 2.05) is 0 Å². The number of carboxylic acids is 2. The number of thiophene rings is 1. The van der Waals surface area contributed by atoms with E-state index < -0.39 is 24.0 Å². The Morgan fingerprint density at radius 3 is 2.24 bits per heavy atom. The Balaban J connectivity index is 2.84. The lowest BCUT2D eigenvalue weighted by molar-refractivity contribution is -0.138. The van der Waals surface area contributed by atoms with Gasteiger partial charge in [-0.15, -0.1) is 11.3 Å². The van der Waals surface area contributed by atoms with Crippen LogP contribution in [0, 0.1) is 0 Å². The second-order valence-corrected chi connectivity index (χ2v) is 4.60. The third kappa shape index (κ3) is 3.81. The lowest BCUT2D eigenvalue weighted by Gasteiger charge is -2.14. The normalized spacial score (nSPS) is 14.2. The molecule has 0 bridgehead atoms. The molecule has 1 heterocycles. The summed E-state index contributed by atoms with van der Waals surface area (Å²) < 4.78 is 0. The highest BCUT2D eigenvalue weighted by Crippen LogP contribution is 2.30. The van der Waals surface area contributed by atoms with Crippen LogP contribution in [0.25, 0.3) is 0 Å². The molecule has 1 aromatic rings. The molecule has 0 radical (unpaired) electrons. The third-order valence-electron chi connectivity index (χ3n) is 2.25. The van der Waals surface area contributed by atoms with Crippen LogP contribution in [0.2, 0.25) is 0 Å². The highest BCUT2D eigenvalue weighted by atomic mass is 32.1. The number of hydrogen-bond acceptors (Lipinski definition) is 5. The lowest BCUT2D eigenvalue weighted by atomic mass is 10.0. The maximum absolute atomic E-state index is 10.6. The first-order valence-electron chi connectivity index (χ1n) is 4.93. The van der Waals surface area contributed by atoms with Crippen molar-refractivity contribution in [3.05, 3.63) is 21.9 Å². The van der Waals surface area contributed by atoms with Crippen molar-refractivity contribution in [2.24, 2.45) is 11.5 Å². The summed E-state index contributed by atoms with van der Waals surface area (Å²) in [7, 11) is 0. The molecule has 6 N–H and O–H groups in total. The van der Waals surface area contributed by atoms with Gasteiger partial charge in [0.1, 0.15) is 0 Å². The Labute approximate surface area is 102 Å². The Kier molecular flexibility index (Phi) is 4.62. The van der Waals surface area contributed by atoms with Crippen molar-refractivity contribution in [3.8, 4) is 0 Å². The van der Waals surface area contributed by atoms with Gasteiger partial charge in [-0.1, -0.05) is 0 Å². The summed E-state index contributed by atoms with van der Waals surface area (Å²) in [5.74, 6) is -2.00. The zero-order chi connectivity index (χ0) is 13.0. The Morgan fingerprint density at radius 2 is 1.71 bits per heavy atom. The van der Waals surface area contributed by atoms with E-state index in [9.17, 15) is 9.59 Å². The van der Waals surface area contributed by atoms with E-state index in [0.717, 1.165) is 0 Å². The van der Waals surface area contributed by atoms with Gasteiger partial charge >= 0.3 is 11.9 Å². The van der Waals surface area contributed by atoms with Crippen molar-refractivity contribution in [3.63, 3.8) is 0 Å². The van der Waals surface area contributed by atoms with E-state index in [0.29, 0.717) is 10.4 Å². The minimum atomic E-state index is -0.999. The number of carbonyl (C=O) groups is 2. The van der Waals surface area contributed by atoms with E-state index in [-0.39, 0.29) is 12.8 Å². The number of nitrogens with two attached hydrogens (primary N) is 2. The second-order valence-electron chi connectivity index (χ2n) is 3.65. The third-order valence-corrected chi connectivity index (χ3v) is 3.32. The molecule has 2 atom stereocenters. The molecule has 0 aliphatic rings. The molecule has 0 amide bonds. The van der Waals surface area contributed by atoms with Crippen molar-refractivity contribution < 1.29 is 19.8 Å². The van der Waals surface area contributed by atoms with Crippen molar-refractivity contribution >= 4 is 23.3 Å². The number of carboxylic acid groups (broad SMARTS) is 2. The van der Waals surface area contributed by atoms with E-state index in [2.05, 4.69) is 0 Å². The van der Waals surface area contributed by atoms with Gasteiger partial charge in [-0.05, 0) is 17.0 Å². The van der Waals surface area contributed by atoms with Gasteiger partial charge in [0.15, 0.2) is 0 Å². The fourth-order valence-corrected chi connectivity index (χ4v) is 2.49. The topological polar surface area (TPSA) is 127 Å². The van der Waals surface area contributed by atoms with Crippen LogP contribution in [0.5, 0.6) is 0 Å². The molecule has 0 aliphatic heterocycles. The van der Waals surface area contributed by atoms with Gasteiger partial charge in [0.05, 0.1) is 12.8 Å². The molecule has 0 aliphatic carbocycles. The van der Waals surface area contributed by atoms with Gasteiger partial charge in [0, 0.05) is 17.0 Å². The molecule has 1 rings (SSSR count). The van der Waals surface area contributed by atoms with Crippen LogP contribution in [0.3, 0.4) is 0 Å². The number of rotatable bonds is 6. The fraction of sp³-hybridized carbons (Fsp3) is 0.400. The molecular weight excluding hydrogens is 244 g/mol. The van der Waals surface area contributed by atoms with Crippen LogP contribution in [0.1, 0.15) is 35.4 Å². The Hall–Kier alpha value is -1.44. The zero-order valence-electron chi connectivity index (χ0n) is 9.00. The molecule has 17 heavy (non-hydrogen) atoms. The molecule has 2 unspecified atom stereocenters. The van der Waals surface area contributed by atoms with Crippen LogP contribution >= 0.6 is 11.3 Å². The first-order chi connectivity index (χ1) is 7.91. The number of aliphatic carboxylic acids is 2. The standard InChI is InChI=1S/C10H14N2O4S/c11-6(3-8(13)14)5-1-2-17-10(5)7(12)4-9(15)16/h1-2,6-7H,3-4,11-12H2,(H,13,14)(H,15,16). The minimum Gasteiger partial charge on any atom is -0.481 e. The summed E-state index contributed by atoms with van der Waals surface area (Å²) in [5.41, 5.74) is 12.1. The summed E-state index contributed by atoms with van der Waals surface area (Å²) in [5, 5.41) is 19.0. The largest absolute Gasteiger partial charge is 0.481 e. The predicted molar refractivity (Wildman–Crippen MR) is 62.7 cm³/mol. The first kappa shape index (κ1) is 13.6. The molecule has 0 aromatic carbocycles. The predicted octanol–water partition coefficient (Wildman–Crippen LogP) is 0.697. The summed E-state index contributed by atoms with van der Waals surface area (Å²) in [6, 6.07) is 0.380. The van der Waals surface area contributed by atoms with E-state index in [1.165, 1.54) is 11.3 Å². The summed E-state index contributed by atoms with van der Waals surface area (Å²) >= 11 is 1.29. The molecule has 6 nitrogen and oxygen atoms in total. The summed E-state index contributed by atoms with van der Waals surface area (Å²) in [4.78, 5) is 21.8. The number of hydrogen-bond donors (Lipinski definition) is 4. The molecule has 0 fully saturated rings. The van der Waals surface area contributed by atoms with Crippen LogP contribution < -0.4 is 11.5 Å². The maximum atomic E-state index is 10.6. The lowest BCUT2D eigenvalue weighted by Crippen LogP contribution is -2.20. The zero-order valence-corrected chi connectivity index (χ0v) is 9.81. The quantitative estimate of drug-likeness (QED) is 0.594. The van der Waals surface area contributed by atoms with E-state index in [4.69, 9.17) is 21.7 Å². The van der Waals surface area contributed by atoms with E-state index >= 15 is 0 Å². The highest BCUT2D eigenvalue weighted by molar-refractivity contribution is 7.10. The molecule has 0 saturated heterocycles. The molecule has 7 heteroatoms. The fourth-order valence-electron chi connectivity index (χ4n) is 1.52. The molecule has 94 valence electrons. The molecule has 0 spiro atoms. The first-order valence-corrected chi connectivity index (χ1v) is 5.81. The second kappa shape index (κ2) is 5.76. The molecule has 1 aromatic heterocycles. The van der Waals surface area contributed by atoms with Crippen LogP contribution in [0.15, 0.2) is 11.4 Å². The van der Waals surface area contributed by atoms with Crippen LogP contribution in [-0.2, 0) is 9.59 Å². The van der Waals surface area contributed by atoms with Gasteiger partial charge in [0.25, 0.3) is 0 Å². The van der Waals surface area contributed by atoms with Gasteiger partial charge in [-0.3, -0.25) is 9.59 Å². The monoisotopic (exact) mass is 258 g/mol. The molecule has 0 saturated carbocycles. The summed E-state index contributed by atoms with van der Waals surface area (Å²) in [6.07, 6.45) is -0.406. The Bertz CT molecular complexity index is 382. The van der Waals surface area contributed by atoms with Gasteiger partial charge in [-0.2, -0.15) is 0 Å². The smallest absolute Gasteiger partial charge is 0.305 e. The van der Waals surface area contributed by atoms with Crippen LogP contribution in [-0.4, -0.2) is 22.2 Å². The Morgan fingerprint density at radius 1 is 1.18 bits per heavy atom. The average molecular weight is 258 g/mol. The summed E-state index contributed by atoms with van der Waals surface area (Å²) in [6.45, 7) is 0. The van der Waals surface area contributed by atoms with Crippen molar-refractivity contribution in [2.75, 3.05) is 0 Å². The molecular formula is C10H14N2O4S. The average Bonchev–Trinajstić information content (AvgIpc) is 2.63. The van der Waals surface area contributed by atoms with Crippen molar-refractivity contribution in [2.45, 2.75) is 24.9 Å². The minimum absolute atomic E-state index is 0.201. The highest BCUT2D eigenvalue weighted by Gasteiger charge is 2.21. The van der Waals surface area contributed by atoms with E-state index in [1.54, 1.807) is 11.4 Å².